The molecule has 0 unspecified atom stereocenters. The predicted molar refractivity (Wildman–Crippen MR) is 62.4 cm³/mol. The Labute approximate surface area is 103 Å². The lowest BCUT2D eigenvalue weighted by Gasteiger charge is -2.06. The summed E-state index contributed by atoms with van der Waals surface area (Å²) in [7, 11) is 0. The van der Waals surface area contributed by atoms with Gasteiger partial charge in [0.15, 0.2) is 0 Å². The minimum Gasteiger partial charge on any atom is -0.476 e. The van der Waals surface area contributed by atoms with Gasteiger partial charge in [-0.05, 0) is 12.1 Å². The first-order valence-electron chi connectivity index (χ1n) is 5.34. The molecule has 0 saturated heterocycles. The second kappa shape index (κ2) is 5.72. The highest BCUT2D eigenvalue weighted by molar-refractivity contribution is 5.87. The molecule has 1 N–H and O–H groups in total. The van der Waals surface area contributed by atoms with E-state index in [4.69, 9.17) is 9.84 Å². The number of carbonyl (C=O) groups is 1. The van der Waals surface area contributed by atoms with Gasteiger partial charge in [-0.2, -0.15) is 0 Å². The molecule has 0 fully saturated rings. The molecular formula is C12H11N3O3. The highest BCUT2D eigenvalue weighted by Crippen LogP contribution is 2.11. The van der Waals surface area contributed by atoms with Gasteiger partial charge in [-0.15, -0.1) is 0 Å². The number of rotatable bonds is 5. The first kappa shape index (κ1) is 12.0. The van der Waals surface area contributed by atoms with E-state index < -0.39 is 5.97 Å². The van der Waals surface area contributed by atoms with Crippen LogP contribution in [0.25, 0.3) is 0 Å². The van der Waals surface area contributed by atoms with E-state index >= 15 is 0 Å². The van der Waals surface area contributed by atoms with Crippen LogP contribution in [0.5, 0.6) is 5.88 Å². The summed E-state index contributed by atoms with van der Waals surface area (Å²) >= 11 is 0. The summed E-state index contributed by atoms with van der Waals surface area (Å²) in [4.78, 5) is 22.5. The minimum absolute atomic E-state index is 0.0286. The lowest BCUT2D eigenvalue weighted by molar-refractivity contribution is 0.0684. The molecule has 2 rings (SSSR count). The standard InChI is InChI=1S/C12H11N3O3/c16-12(17)10-11(15-7-6-14-10)18-8-4-9-3-1-2-5-13-9/h1-3,5-7H,4,8H2,(H,16,17). The molecule has 0 saturated carbocycles. The fourth-order valence-corrected chi connectivity index (χ4v) is 1.38. The van der Waals surface area contributed by atoms with E-state index in [9.17, 15) is 4.79 Å². The van der Waals surface area contributed by atoms with Gasteiger partial charge in [-0.1, -0.05) is 6.07 Å². The first-order valence-corrected chi connectivity index (χ1v) is 5.34. The summed E-state index contributed by atoms with van der Waals surface area (Å²) in [6.07, 6.45) is 4.98. The van der Waals surface area contributed by atoms with Crippen LogP contribution in [-0.2, 0) is 6.42 Å². The largest absolute Gasteiger partial charge is 0.476 e. The zero-order chi connectivity index (χ0) is 12.8. The SMILES string of the molecule is O=C(O)c1nccnc1OCCc1ccccn1. The topological polar surface area (TPSA) is 85.2 Å². The van der Waals surface area contributed by atoms with Gasteiger partial charge in [0.25, 0.3) is 0 Å². The lowest BCUT2D eigenvalue weighted by atomic mass is 10.3. The average Bonchev–Trinajstić information content (AvgIpc) is 2.40. The number of hydrogen-bond acceptors (Lipinski definition) is 5. The molecule has 2 heterocycles. The molecule has 2 aromatic rings. The van der Waals surface area contributed by atoms with Gasteiger partial charge in [0.2, 0.25) is 11.6 Å². The second-order valence-electron chi connectivity index (χ2n) is 3.43. The number of nitrogens with zero attached hydrogens (tertiary/aromatic N) is 3. The summed E-state index contributed by atoms with van der Waals surface area (Å²) in [5, 5.41) is 8.89. The number of pyridine rings is 1. The molecule has 6 heteroatoms. The summed E-state index contributed by atoms with van der Waals surface area (Å²) in [5.74, 6) is -1.13. The number of aromatic nitrogens is 3. The van der Waals surface area contributed by atoms with Crippen LogP contribution < -0.4 is 4.74 Å². The first-order chi connectivity index (χ1) is 8.77. The number of carboxylic acid groups (broad SMARTS) is 1. The normalized spacial score (nSPS) is 10.0. The molecule has 0 aromatic carbocycles. The Morgan fingerprint density at radius 2 is 2.00 bits per heavy atom. The molecule has 0 radical (unpaired) electrons. The van der Waals surface area contributed by atoms with Crippen molar-refractivity contribution >= 4 is 5.97 Å². The van der Waals surface area contributed by atoms with Gasteiger partial charge in [-0.3, -0.25) is 4.98 Å². The average molecular weight is 245 g/mol. The van der Waals surface area contributed by atoms with Crippen LogP contribution in [0, 0.1) is 0 Å². The minimum atomic E-state index is -1.16. The van der Waals surface area contributed by atoms with Crippen molar-refractivity contribution in [2.75, 3.05) is 6.61 Å². The Morgan fingerprint density at radius 3 is 2.72 bits per heavy atom. The van der Waals surface area contributed by atoms with Crippen molar-refractivity contribution in [3.05, 3.63) is 48.2 Å². The maximum Gasteiger partial charge on any atom is 0.360 e. The lowest BCUT2D eigenvalue weighted by Crippen LogP contribution is -2.10. The monoisotopic (exact) mass is 245 g/mol. The van der Waals surface area contributed by atoms with Crippen LogP contribution in [0.4, 0.5) is 0 Å². The van der Waals surface area contributed by atoms with Gasteiger partial charge in [0.1, 0.15) is 0 Å². The van der Waals surface area contributed by atoms with Gasteiger partial charge in [-0.25, -0.2) is 14.8 Å². The van der Waals surface area contributed by atoms with E-state index in [0.29, 0.717) is 13.0 Å². The third-order valence-corrected chi connectivity index (χ3v) is 2.19. The molecule has 92 valence electrons. The van der Waals surface area contributed by atoms with Crippen LogP contribution in [0.2, 0.25) is 0 Å². The third kappa shape index (κ3) is 3.00. The fraction of sp³-hybridized carbons (Fsp3) is 0.167. The van der Waals surface area contributed by atoms with Crippen LogP contribution in [0.15, 0.2) is 36.8 Å². The molecule has 0 aliphatic carbocycles. The van der Waals surface area contributed by atoms with E-state index in [0.717, 1.165) is 5.69 Å². The molecule has 0 amide bonds. The number of carboxylic acids is 1. The summed E-state index contributed by atoms with van der Waals surface area (Å²) in [5.41, 5.74) is 0.691. The summed E-state index contributed by atoms with van der Waals surface area (Å²) in [6, 6.07) is 5.58. The van der Waals surface area contributed by atoms with Gasteiger partial charge >= 0.3 is 5.97 Å². The molecule has 0 spiro atoms. The van der Waals surface area contributed by atoms with Gasteiger partial charge < -0.3 is 9.84 Å². The molecule has 0 aliphatic heterocycles. The maximum absolute atomic E-state index is 10.9. The predicted octanol–water partition coefficient (Wildman–Crippen LogP) is 1.19. The van der Waals surface area contributed by atoms with Gasteiger partial charge in [0.05, 0.1) is 6.61 Å². The Bertz CT molecular complexity index is 531. The van der Waals surface area contributed by atoms with E-state index in [-0.39, 0.29) is 11.6 Å². The smallest absolute Gasteiger partial charge is 0.360 e. The molecule has 0 aliphatic rings. The molecule has 2 aromatic heterocycles. The second-order valence-corrected chi connectivity index (χ2v) is 3.43. The van der Waals surface area contributed by atoms with Crippen LogP contribution in [0.1, 0.15) is 16.2 Å². The van der Waals surface area contributed by atoms with Crippen molar-refractivity contribution in [3.8, 4) is 5.88 Å². The Kier molecular flexibility index (Phi) is 3.80. The van der Waals surface area contributed by atoms with Crippen molar-refractivity contribution in [1.29, 1.82) is 0 Å². The van der Waals surface area contributed by atoms with E-state index in [1.54, 1.807) is 6.20 Å². The van der Waals surface area contributed by atoms with Crippen LogP contribution in [-0.4, -0.2) is 32.6 Å². The summed E-state index contributed by atoms with van der Waals surface area (Å²) < 4.78 is 5.31. The number of aromatic carboxylic acids is 1. The van der Waals surface area contributed by atoms with E-state index in [1.165, 1.54) is 12.4 Å². The van der Waals surface area contributed by atoms with Crippen LogP contribution in [0.3, 0.4) is 0 Å². The molecule has 18 heavy (non-hydrogen) atoms. The van der Waals surface area contributed by atoms with E-state index in [1.807, 2.05) is 18.2 Å². The molecular weight excluding hydrogens is 234 g/mol. The number of ether oxygens (including phenoxy) is 1. The van der Waals surface area contributed by atoms with E-state index in [2.05, 4.69) is 15.0 Å². The quantitative estimate of drug-likeness (QED) is 0.851. The highest BCUT2D eigenvalue weighted by Gasteiger charge is 2.13. The zero-order valence-electron chi connectivity index (χ0n) is 9.48. The van der Waals surface area contributed by atoms with Crippen molar-refractivity contribution in [2.24, 2.45) is 0 Å². The van der Waals surface area contributed by atoms with Crippen molar-refractivity contribution in [1.82, 2.24) is 15.0 Å². The van der Waals surface area contributed by atoms with Crippen molar-refractivity contribution in [2.45, 2.75) is 6.42 Å². The summed E-state index contributed by atoms with van der Waals surface area (Å²) in [6.45, 7) is 0.302. The molecule has 0 bridgehead atoms. The number of hydrogen-bond donors (Lipinski definition) is 1. The van der Waals surface area contributed by atoms with Crippen molar-refractivity contribution in [3.63, 3.8) is 0 Å². The maximum atomic E-state index is 10.9. The molecule has 0 atom stereocenters. The zero-order valence-corrected chi connectivity index (χ0v) is 9.48. The third-order valence-electron chi connectivity index (χ3n) is 2.19. The van der Waals surface area contributed by atoms with Crippen LogP contribution >= 0.6 is 0 Å². The van der Waals surface area contributed by atoms with Crippen molar-refractivity contribution < 1.29 is 14.6 Å². The molecule has 6 nitrogen and oxygen atoms in total. The Morgan fingerprint density at radius 1 is 1.17 bits per heavy atom. The highest BCUT2D eigenvalue weighted by atomic mass is 16.5. The fourth-order valence-electron chi connectivity index (χ4n) is 1.38. The Balaban J connectivity index is 1.97. The van der Waals surface area contributed by atoms with Gasteiger partial charge in [0, 0.05) is 30.7 Å². The Hall–Kier alpha value is -2.50.